The number of para-hydroxylation sites is 1. The summed E-state index contributed by atoms with van der Waals surface area (Å²) in [6.45, 7) is 5.69. The first-order chi connectivity index (χ1) is 15.0. The van der Waals surface area contributed by atoms with Gasteiger partial charge in [0.15, 0.2) is 17.3 Å². The van der Waals surface area contributed by atoms with E-state index in [1.807, 2.05) is 38.1 Å². The Labute approximate surface area is 181 Å². The number of piperazine rings is 1. The number of amides is 2. The fourth-order valence-corrected chi connectivity index (χ4v) is 3.69. The smallest absolute Gasteiger partial charge is 0.289 e. The largest absolute Gasteiger partial charge is 0.493 e. The van der Waals surface area contributed by atoms with Crippen LogP contribution in [-0.4, -0.2) is 61.0 Å². The summed E-state index contributed by atoms with van der Waals surface area (Å²) in [4.78, 5) is 29.3. The van der Waals surface area contributed by atoms with E-state index in [0.717, 1.165) is 5.39 Å². The molecular formula is C24H26N2O5. The number of benzene rings is 2. The summed E-state index contributed by atoms with van der Waals surface area (Å²) in [5.74, 6) is 1.21. The van der Waals surface area contributed by atoms with Gasteiger partial charge in [-0.1, -0.05) is 18.2 Å². The number of methoxy groups -OCH3 is 1. The van der Waals surface area contributed by atoms with Crippen molar-refractivity contribution in [3.05, 3.63) is 59.9 Å². The first-order valence-electron chi connectivity index (χ1n) is 10.4. The second-order valence-electron chi connectivity index (χ2n) is 7.77. The monoisotopic (exact) mass is 422 g/mol. The second kappa shape index (κ2) is 8.71. The molecule has 1 aliphatic rings. The van der Waals surface area contributed by atoms with Crippen LogP contribution in [0.25, 0.3) is 11.0 Å². The minimum Gasteiger partial charge on any atom is -0.493 e. The molecule has 0 aliphatic carbocycles. The number of carbonyl (C=O) groups is 2. The number of hydrogen-bond acceptors (Lipinski definition) is 5. The summed E-state index contributed by atoms with van der Waals surface area (Å²) >= 11 is 0. The lowest BCUT2D eigenvalue weighted by atomic mass is 10.1. The molecule has 1 saturated heterocycles. The van der Waals surface area contributed by atoms with E-state index in [9.17, 15) is 9.59 Å². The zero-order valence-electron chi connectivity index (χ0n) is 18.0. The number of nitrogens with zero attached hydrogens (tertiary/aromatic N) is 2. The van der Waals surface area contributed by atoms with Gasteiger partial charge in [0, 0.05) is 37.1 Å². The molecule has 0 spiro atoms. The van der Waals surface area contributed by atoms with E-state index in [2.05, 4.69) is 0 Å². The standard InChI is InChI=1S/C24H26N2O5/c1-16(2)30-20-9-8-18(15-21(20)29-3)23(27)25-10-12-26(13-11-25)24(28)22-14-17-6-4-5-7-19(17)31-22/h4-9,14-16H,10-13H2,1-3H3. The highest BCUT2D eigenvalue weighted by Crippen LogP contribution is 2.29. The Morgan fingerprint density at radius 1 is 0.903 bits per heavy atom. The summed E-state index contributed by atoms with van der Waals surface area (Å²) in [6, 6.07) is 14.5. The van der Waals surface area contributed by atoms with Crippen molar-refractivity contribution < 1.29 is 23.5 Å². The average Bonchev–Trinajstić information content (AvgIpc) is 3.22. The number of carbonyl (C=O) groups excluding carboxylic acids is 2. The van der Waals surface area contributed by atoms with Crippen molar-refractivity contribution in [2.45, 2.75) is 20.0 Å². The van der Waals surface area contributed by atoms with E-state index in [-0.39, 0.29) is 17.9 Å². The predicted octanol–water partition coefficient (Wildman–Crippen LogP) is 3.83. The molecule has 0 radical (unpaired) electrons. The molecule has 0 unspecified atom stereocenters. The van der Waals surface area contributed by atoms with Crippen LogP contribution in [0.4, 0.5) is 0 Å². The third-order valence-electron chi connectivity index (χ3n) is 5.26. The highest BCUT2D eigenvalue weighted by atomic mass is 16.5. The number of hydrogen-bond donors (Lipinski definition) is 0. The molecule has 0 N–H and O–H groups in total. The lowest BCUT2D eigenvalue weighted by Crippen LogP contribution is -2.50. The zero-order chi connectivity index (χ0) is 22.0. The quantitative estimate of drug-likeness (QED) is 0.625. The highest BCUT2D eigenvalue weighted by molar-refractivity contribution is 5.97. The lowest BCUT2D eigenvalue weighted by molar-refractivity contribution is 0.0519. The Morgan fingerprint density at radius 3 is 2.23 bits per heavy atom. The van der Waals surface area contributed by atoms with Gasteiger partial charge in [0.05, 0.1) is 13.2 Å². The Morgan fingerprint density at radius 2 is 1.58 bits per heavy atom. The van der Waals surface area contributed by atoms with Gasteiger partial charge in [0.1, 0.15) is 5.58 Å². The summed E-state index contributed by atoms with van der Waals surface area (Å²) in [5.41, 5.74) is 1.23. The molecule has 1 fully saturated rings. The predicted molar refractivity (Wildman–Crippen MR) is 117 cm³/mol. The highest BCUT2D eigenvalue weighted by Gasteiger charge is 2.27. The maximum atomic E-state index is 13.0. The van der Waals surface area contributed by atoms with Gasteiger partial charge in [-0.2, -0.15) is 0 Å². The van der Waals surface area contributed by atoms with Crippen LogP contribution >= 0.6 is 0 Å². The molecule has 7 nitrogen and oxygen atoms in total. The van der Waals surface area contributed by atoms with E-state index in [4.69, 9.17) is 13.9 Å². The molecule has 0 bridgehead atoms. The molecule has 1 aliphatic heterocycles. The van der Waals surface area contributed by atoms with Crippen molar-refractivity contribution in [1.29, 1.82) is 0 Å². The van der Waals surface area contributed by atoms with Crippen molar-refractivity contribution >= 4 is 22.8 Å². The van der Waals surface area contributed by atoms with Crippen molar-refractivity contribution in [2.75, 3.05) is 33.3 Å². The Kier molecular flexibility index (Phi) is 5.84. The molecule has 1 aromatic heterocycles. The molecule has 0 atom stereocenters. The Bertz CT molecular complexity index is 1060. The molecule has 162 valence electrons. The topological polar surface area (TPSA) is 72.2 Å². The maximum absolute atomic E-state index is 13.0. The van der Waals surface area contributed by atoms with Crippen molar-refractivity contribution in [3.63, 3.8) is 0 Å². The number of rotatable bonds is 5. The first-order valence-corrected chi connectivity index (χ1v) is 10.4. The van der Waals surface area contributed by atoms with Gasteiger partial charge >= 0.3 is 0 Å². The van der Waals surface area contributed by atoms with E-state index in [1.165, 1.54) is 0 Å². The van der Waals surface area contributed by atoms with Gasteiger partial charge in [0.2, 0.25) is 0 Å². The molecule has 3 aromatic rings. The lowest BCUT2D eigenvalue weighted by Gasteiger charge is -2.34. The van der Waals surface area contributed by atoms with E-state index < -0.39 is 0 Å². The molecule has 4 rings (SSSR count). The van der Waals surface area contributed by atoms with Crippen LogP contribution in [0.1, 0.15) is 34.8 Å². The molecule has 2 amide bonds. The zero-order valence-corrected chi connectivity index (χ0v) is 18.0. The summed E-state index contributed by atoms with van der Waals surface area (Å²) in [7, 11) is 1.55. The number of furan rings is 1. The molecular weight excluding hydrogens is 396 g/mol. The van der Waals surface area contributed by atoms with Crippen LogP contribution in [0.15, 0.2) is 52.9 Å². The fourth-order valence-electron chi connectivity index (χ4n) is 3.69. The third kappa shape index (κ3) is 4.35. The minimum absolute atomic E-state index is 0.00724. The van der Waals surface area contributed by atoms with Crippen LogP contribution in [0.3, 0.4) is 0 Å². The molecule has 7 heteroatoms. The van der Waals surface area contributed by atoms with Crippen LogP contribution in [0.2, 0.25) is 0 Å². The Hall–Kier alpha value is -3.48. The van der Waals surface area contributed by atoms with Gasteiger partial charge in [0.25, 0.3) is 11.8 Å². The Balaban J connectivity index is 1.41. The summed E-state index contributed by atoms with van der Waals surface area (Å²) in [6.07, 6.45) is 0.00724. The minimum atomic E-state index is -0.153. The van der Waals surface area contributed by atoms with Crippen molar-refractivity contribution in [3.8, 4) is 11.5 Å². The van der Waals surface area contributed by atoms with Crippen LogP contribution in [-0.2, 0) is 0 Å². The van der Waals surface area contributed by atoms with E-state index in [1.54, 1.807) is 41.2 Å². The van der Waals surface area contributed by atoms with Gasteiger partial charge < -0.3 is 23.7 Å². The average molecular weight is 422 g/mol. The summed E-state index contributed by atoms with van der Waals surface area (Å²) < 4.78 is 16.8. The number of ether oxygens (including phenoxy) is 2. The fraction of sp³-hybridized carbons (Fsp3) is 0.333. The van der Waals surface area contributed by atoms with Crippen LogP contribution in [0, 0.1) is 0 Å². The van der Waals surface area contributed by atoms with Crippen molar-refractivity contribution in [2.24, 2.45) is 0 Å². The van der Waals surface area contributed by atoms with Crippen molar-refractivity contribution in [1.82, 2.24) is 9.80 Å². The number of fused-ring (bicyclic) bond motifs is 1. The SMILES string of the molecule is COc1cc(C(=O)N2CCN(C(=O)c3cc4ccccc4o3)CC2)ccc1OC(C)C. The maximum Gasteiger partial charge on any atom is 0.289 e. The van der Waals surface area contributed by atoms with Crippen LogP contribution < -0.4 is 9.47 Å². The molecule has 0 saturated carbocycles. The van der Waals surface area contributed by atoms with Gasteiger partial charge in [-0.25, -0.2) is 0 Å². The molecule has 2 heterocycles. The van der Waals surface area contributed by atoms with Crippen LogP contribution in [0.5, 0.6) is 11.5 Å². The summed E-state index contributed by atoms with van der Waals surface area (Å²) in [5, 5.41) is 0.901. The third-order valence-corrected chi connectivity index (χ3v) is 5.26. The first kappa shape index (κ1) is 20.8. The normalized spacial score (nSPS) is 14.2. The van der Waals surface area contributed by atoms with Gasteiger partial charge in [-0.05, 0) is 44.2 Å². The van der Waals surface area contributed by atoms with E-state index in [0.29, 0.717) is 54.6 Å². The van der Waals surface area contributed by atoms with Gasteiger partial charge in [-0.15, -0.1) is 0 Å². The second-order valence-corrected chi connectivity index (χ2v) is 7.77. The van der Waals surface area contributed by atoms with E-state index >= 15 is 0 Å². The molecule has 31 heavy (non-hydrogen) atoms. The van der Waals surface area contributed by atoms with Gasteiger partial charge in [-0.3, -0.25) is 9.59 Å². The molecule has 2 aromatic carbocycles.